The Morgan fingerprint density at radius 1 is 1.00 bits per heavy atom. The van der Waals surface area contributed by atoms with E-state index >= 15 is 0 Å². The maximum atomic E-state index is 12.8. The fourth-order valence-electron chi connectivity index (χ4n) is 3.24. The highest BCUT2D eigenvalue weighted by Gasteiger charge is 2.31. The molecule has 2 aromatic rings. The Bertz CT molecular complexity index is 960. The lowest BCUT2D eigenvalue weighted by Gasteiger charge is -2.19. The molecule has 0 aromatic heterocycles. The number of benzene rings is 2. The third kappa shape index (κ3) is 5.06. The van der Waals surface area contributed by atoms with Crippen LogP contribution in [0.3, 0.4) is 0 Å². The number of hydrogen-bond acceptors (Lipinski definition) is 6. The van der Waals surface area contributed by atoms with Gasteiger partial charge in [0.15, 0.2) is 11.5 Å². The molecule has 3 amide bonds. The van der Waals surface area contributed by atoms with Gasteiger partial charge in [-0.05, 0) is 43.3 Å². The molecule has 0 radical (unpaired) electrons. The minimum absolute atomic E-state index is 0.0811. The normalized spacial score (nSPS) is 13.2. The molecule has 164 valence electrons. The molecule has 9 heteroatoms. The van der Waals surface area contributed by atoms with Gasteiger partial charge < -0.3 is 24.4 Å². The Balaban J connectivity index is 1.59. The van der Waals surface area contributed by atoms with Crippen molar-refractivity contribution in [1.82, 2.24) is 4.90 Å². The zero-order valence-electron chi connectivity index (χ0n) is 17.7. The highest BCUT2D eigenvalue weighted by molar-refractivity contribution is 5.99. The molecular formula is C22H25N3O6. The van der Waals surface area contributed by atoms with Crippen molar-refractivity contribution in [3.63, 3.8) is 0 Å². The van der Waals surface area contributed by atoms with Crippen LogP contribution in [0.5, 0.6) is 11.5 Å². The third-order valence-electron chi connectivity index (χ3n) is 4.79. The van der Waals surface area contributed by atoms with E-state index in [0.29, 0.717) is 48.1 Å². The number of anilines is 2. The number of amides is 3. The van der Waals surface area contributed by atoms with Crippen LogP contribution in [0, 0.1) is 0 Å². The molecule has 0 bridgehead atoms. The summed E-state index contributed by atoms with van der Waals surface area (Å²) in [5.41, 5.74) is 1.60. The second kappa shape index (κ2) is 9.84. The quantitative estimate of drug-likeness (QED) is 0.651. The van der Waals surface area contributed by atoms with Crippen LogP contribution >= 0.6 is 0 Å². The van der Waals surface area contributed by atoms with Crippen LogP contribution in [0.25, 0.3) is 0 Å². The number of ether oxygens (including phenoxy) is 3. The maximum absolute atomic E-state index is 12.8. The molecule has 0 spiro atoms. The molecule has 0 saturated carbocycles. The van der Waals surface area contributed by atoms with Gasteiger partial charge in [0, 0.05) is 30.5 Å². The van der Waals surface area contributed by atoms with Gasteiger partial charge in [0.05, 0.1) is 26.4 Å². The summed E-state index contributed by atoms with van der Waals surface area (Å²) >= 11 is 0. The van der Waals surface area contributed by atoms with Crippen LogP contribution in [0.2, 0.25) is 0 Å². The molecule has 1 aliphatic heterocycles. The lowest BCUT2D eigenvalue weighted by atomic mass is 10.2. The highest BCUT2D eigenvalue weighted by Crippen LogP contribution is 2.32. The summed E-state index contributed by atoms with van der Waals surface area (Å²) in [4.78, 5) is 39.9. The summed E-state index contributed by atoms with van der Waals surface area (Å²) in [6.07, 6.45) is 0. The van der Waals surface area contributed by atoms with Crippen molar-refractivity contribution in [2.75, 3.05) is 50.7 Å². The average molecular weight is 427 g/mol. The number of urea groups is 1. The lowest BCUT2D eigenvalue weighted by Crippen LogP contribution is -2.37. The zero-order valence-corrected chi connectivity index (χ0v) is 17.7. The summed E-state index contributed by atoms with van der Waals surface area (Å²) < 4.78 is 15.5. The predicted octanol–water partition coefficient (Wildman–Crippen LogP) is 2.76. The summed E-state index contributed by atoms with van der Waals surface area (Å²) in [5, 5.41) is 2.74. The smallest absolute Gasteiger partial charge is 0.338 e. The van der Waals surface area contributed by atoms with Crippen LogP contribution in [-0.2, 0) is 9.53 Å². The van der Waals surface area contributed by atoms with Gasteiger partial charge in [-0.3, -0.25) is 9.69 Å². The molecule has 0 atom stereocenters. The van der Waals surface area contributed by atoms with Crippen LogP contribution in [-0.4, -0.2) is 63.3 Å². The number of rotatable bonds is 8. The molecule has 1 aliphatic rings. The molecule has 2 aromatic carbocycles. The van der Waals surface area contributed by atoms with Gasteiger partial charge in [-0.2, -0.15) is 0 Å². The molecule has 3 rings (SSSR count). The van der Waals surface area contributed by atoms with Crippen molar-refractivity contribution >= 4 is 29.3 Å². The monoisotopic (exact) mass is 427 g/mol. The molecular weight excluding hydrogens is 402 g/mol. The highest BCUT2D eigenvalue weighted by atomic mass is 16.5. The van der Waals surface area contributed by atoms with Gasteiger partial charge in [-0.25, -0.2) is 9.59 Å². The molecule has 0 unspecified atom stereocenters. The van der Waals surface area contributed by atoms with Gasteiger partial charge in [-0.15, -0.1) is 0 Å². The van der Waals surface area contributed by atoms with Crippen molar-refractivity contribution < 1.29 is 28.6 Å². The molecule has 1 N–H and O–H groups in total. The van der Waals surface area contributed by atoms with E-state index in [2.05, 4.69) is 5.32 Å². The topological polar surface area (TPSA) is 97.4 Å². The minimum Gasteiger partial charge on any atom is -0.493 e. The number of methoxy groups -OCH3 is 2. The summed E-state index contributed by atoms with van der Waals surface area (Å²) in [7, 11) is 3.08. The Morgan fingerprint density at radius 2 is 1.71 bits per heavy atom. The van der Waals surface area contributed by atoms with Gasteiger partial charge in [-0.1, -0.05) is 0 Å². The summed E-state index contributed by atoms with van der Waals surface area (Å²) in [6, 6.07) is 11.4. The van der Waals surface area contributed by atoms with Crippen molar-refractivity contribution in [1.29, 1.82) is 0 Å². The fraction of sp³-hybridized carbons (Fsp3) is 0.318. The summed E-state index contributed by atoms with van der Waals surface area (Å²) in [6.45, 7) is 2.82. The van der Waals surface area contributed by atoms with Gasteiger partial charge in [0.25, 0.3) is 0 Å². The van der Waals surface area contributed by atoms with Crippen LogP contribution in [0.4, 0.5) is 16.2 Å². The molecule has 9 nitrogen and oxygen atoms in total. The van der Waals surface area contributed by atoms with Crippen molar-refractivity contribution in [3.05, 3.63) is 48.0 Å². The number of carbonyl (C=O) groups is 3. The first-order valence-corrected chi connectivity index (χ1v) is 9.82. The first-order valence-electron chi connectivity index (χ1n) is 9.82. The Morgan fingerprint density at radius 3 is 2.35 bits per heavy atom. The molecule has 0 aliphatic carbocycles. The lowest BCUT2D eigenvalue weighted by molar-refractivity contribution is -0.116. The van der Waals surface area contributed by atoms with E-state index in [-0.39, 0.29) is 18.5 Å². The molecule has 1 fully saturated rings. The van der Waals surface area contributed by atoms with Gasteiger partial charge in [0.1, 0.15) is 6.54 Å². The fourth-order valence-corrected chi connectivity index (χ4v) is 3.24. The van der Waals surface area contributed by atoms with E-state index in [1.165, 1.54) is 12.0 Å². The third-order valence-corrected chi connectivity index (χ3v) is 4.79. The van der Waals surface area contributed by atoms with E-state index in [1.807, 2.05) is 0 Å². The SMILES string of the molecule is CCOC(=O)c1ccc(NC(=O)CN2CCN(c3ccc(OC)c(OC)c3)C2=O)cc1. The Labute approximate surface area is 180 Å². The largest absolute Gasteiger partial charge is 0.493 e. The molecule has 1 saturated heterocycles. The standard InChI is InChI=1S/C22H25N3O6/c1-4-31-21(27)15-5-7-16(8-6-15)23-20(26)14-24-11-12-25(22(24)28)17-9-10-18(29-2)19(13-17)30-3/h5-10,13H,4,11-12,14H2,1-3H3,(H,23,26). The van der Waals surface area contributed by atoms with Gasteiger partial charge in [0.2, 0.25) is 5.91 Å². The zero-order chi connectivity index (χ0) is 22.4. The van der Waals surface area contributed by atoms with E-state index in [0.717, 1.165) is 0 Å². The van der Waals surface area contributed by atoms with E-state index in [9.17, 15) is 14.4 Å². The Kier molecular flexibility index (Phi) is 6.96. The van der Waals surface area contributed by atoms with Crippen LogP contribution in [0.15, 0.2) is 42.5 Å². The number of esters is 1. The number of nitrogens with zero attached hydrogens (tertiary/aromatic N) is 2. The minimum atomic E-state index is -0.418. The van der Waals surface area contributed by atoms with Gasteiger partial charge >= 0.3 is 12.0 Å². The van der Waals surface area contributed by atoms with Crippen molar-refractivity contribution in [2.24, 2.45) is 0 Å². The average Bonchev–Trinajstić information content (AvgIpc) is 3.13. The first kappa shape index (κ1) is 21.9. The van der Waals surface area contributed by atoms with Crippen molar-refractivity contribution in [3.8, 4) is 11.5 Å². The molecule has 1 heterocycles. The van der Waals surface area contributed by atoms with E-state index in [4.69, 9.17) is 14.2 Å². The number of hydrogen-bond donors (Lipinski definition) is 1. The Hall–Kier alpha value is -3.75. The van der Waals surface area contributed by atoms with E-state index in [1.54, 1.807) is 61.4 Å². The second-order valence-corrected chi connectivity index (χ2v) is 6.74. The first-order chi connectivity index (χ1) is 15.0. The van der Waals surface area contributed by atoms with Crippen LogP contribution < -0.4 is 19.7 Å². The number of nitrogens with one attached hydrogen (secondary N) is 1. The summed E-state index contributed by atoms with van der Waals surface area (Å²) in [5.74, 6) is 0.350. The predicted molar refractivity (Wildman–Crippen MR) is 115 cm³/mol. The van der Waals surface area contributed by atoms with E-state index < -0.39 is 5.97 Å². The molecule has 31 heavy (non-hydrogen) atoms. The number of carbonyl (C=O) groups excluding carboxylic acids is 3. The maximum Gasteiger partial charge on any atom is 0.338 e. The van der Waals surface area contributed by atoms with Crippen molar-refractivity contribution in [2.45, 2.75) is 6.92 Å². The second-order valence-electron chi connectivity index (χ2n) is 6.74. The van der Waals surface area contributed by atoms with Crippen LogP contribution in [0.1, 0.15) is 17.3 Å².